The largest absolute Gasteiger partial charge is 0.508 e. The Bertz CT molecular complexity index is 746. The lowest BCUT2D eigenvalue weighted by atomic mass is 10.2. The molecule has 3 rings (SSSR count). The van der Waals surface area contributed by atoms with Crippen molar-refractivity contribution in [2.24, 2.45) is 0 Å². The second-order valence-electron chi connectivity index (χ2n) is 5.75. The Morgan fingerprint density at radius 2 is 1.80 bits per heavy atom. The van der Waals surface area contributed by atoms with E-state index in [-0.39, 0.29) is 24.0 Å². The number of aromatic hydroxyl groups is 1. The number of amides is 1. The molecule has 0 saturated carbocycles. The maximum atomic E-state index is 13.7. The zero-order valence-corrected chi connectivity index (χ0v) is 15.1. The smallest absolute Gasteiger partial charge is 0.260 e. The minimum absolute atomic E-state index is 0.0688. The molecule has 132 valence electrons. The van der Waals surface area contributed by atoms with Gasteiger partial charge < -0.3 is 19.6 Å². The summed E-state index contributed by atoms with van der Waals surface area (Å²) in [6.45, 7) is 2.36. The van der Waals surface area contributed by atoms with Crippen LogP contribution in [0.2, 0.25) is 0 Å². The van der Waals surface area contributed by atoms with E-state index in [9.17, 15) is 14.3 Å². The van der Waals surface area contributed by atoms with Crippen LogP contribution in [0.3, 0.4) is 0 Å². The number of halogens is 2. The summed E-state index contributed by atoms with van der Waals surface area (Å²) in [7, 11) is 0. The SMILES string of the molecule is O=C(COc1ccc(Br)cc1F)N1CCN(c2ccc(O)cc2)CC1. The van der Waals surface area contributed by atoms with E-state index in [0.717, 1.165) is 5.69 Å². The first-order valence-corrected chi connectivity index (χ1v) is 8.72. The molecule has 1 aliphatic rings. The minimum atomic E-state index is -0.501. The van der Waals surface area contributed by atoms with Crippen LogP contribution in [0.1, 0.15) is 0 Å². The van der Waals surface area contributed by atoms with E-state index in [1.165, 1.54) is 12.1 Å². The molecule has 2 aromatic carbocycles. The molecule has 2 aromatic rings. The van der Waals surface area contributed by atoms with E-state index in [1.807, 2.05) is 12.1 Å². The van der Waals surface area contributed by atoms with Crippen molar-refractivity contribution >= 4 is 27.5 Å². The van der Waals surface area contributed by atoms with Gasteiger partial charge >= 0.3 is 0 Å². The number of hydrogen-bond acceptors (Lipinski definition) is 4. The van der Waals surface area contributed by atoms with Crippen molar-refractivity contribution in [2.75, 3.05) is 37.7 Å². The molecule has 1 aliphatic heterocycles. The molecule has 0 radical (unpaired) electrons. The van der Waals surface area contributed by atoms with E-state index in [2.05, 4.69) is 20.8 Å². The molecule has 1 saturated heterocycles. The second-order valence-corrected chi connectivity index (χ2v) is 6.66. The molecule has 0 aliphatic carbocycles. The van der Waals surface area contributed by atoms with Gasteiger partial charge in [0, 0.05) is 36.3 Å². The van der Waals surface area contributed by atoms with Crippen LogP contribution in [0, 0.1) is 5.82 Å². The van der Waals surface area contributed by atoms with Crippen molar-refractivity contribution in [2.45, 2.75) is 0 Å². The number of phenolic OH excluding ortho intramolecular Hbond substituents is 1. The van der Waals surface area contributed by atoms with Crippen LogP contribution in [0.4, 0.5) is 10.1 Å². The Morgan fingerprint density at radius 3 is 2.44 bits per heavy atom. The summed E-state index contributed by atoms with van der Waals surface area (Å²) in [5.74, 6) is -0.360. The Hall–Kier alpha value is -2.28. The summed E-state index contributed by atoms with van der Waals surface area (Å²) in [5.41, 5.74) is 1.01. The standard InChI is InChI=1S/C18H18BrFN2O3/c19-13-1-6-17(16(20)11-13)25-12-18(24)22-9-7-21(8-10-22)14-2-4-15(23)5-3-14/h1-6,11,23H,7-10,12H2. The highest BCUT2D eigenvalue weighted by Crippen LogP contribution is 2.22. The van der Waals surface area contributed by atoms with Gasteiger partial charge in [0.1, 0.15) is 5.75 Å². The molecule has 0 aromatic heterocycles. The average Bonchev–Trinajstić information content (AvgIpc) is 2.61. The first kappa shape index (κ1) is 17.5. The number of rotatable bonds is 4. The van der Waals surface area contributed by atoms with Gasteiger partial charge in [0.15, 0.2) is 18.2 Å². The van der Waals surface area contributed by atoms with Crippen LogP contribution in [-0.4, -0.2) is 48.7 Å². The lowest BCUT2D eigenvalue weighted by Crippen LogP contribution is -2.50. The Labute approximate surface area is 153 Å². The second kappa shape index (κ2) is 7.74. The van der Waals surface area contributed by atoms with Crippen LogP contribution < -0.4 is 9.64 Å². The number of anilines is 1. The fraction of sp³-hybridized carbons (Fsp3) is 0.278. The van der Waals surface area contributed by atoms with E-state index in [1.54, 1.807) is 23.1 Å². The third-order valence-corrected chi connectivity index (χ3v) is 4.59. The van der Waals surface area contributed by atoms with Gasteiger partial charge in [0.05, 0.1) is 0 Å². The first-order chi connectivity index (χ1) is 12.0. The van der Waals surface area contributed by atoms with Crippen LogP contribution in [-0.2, 0) is 4.79 Å². The lowest BCUT2D eigenvalue weighted by molar-refractivity contribution is -0.133. The third kappa shape index (κ3) is 4.42. The number of carbonyl (C=O) groups is 1. The number of piperazine rings is 1. The first-order valence-electron chi connectivity index (χ1n) is 7.92. The quantitative estimate of drug-likeness (QED) is 0.844. The van der Waals surface area contributed by atoms with E-state index < -0.39 is 5.82 Å². The number of ether oxygens (including phenoxy) is 1. The topological polar surface area (TPSA) is 53.0 Å². The van der Waals surface area contributed by atoms with Crippen LogP contribution in [0.5, 0.6) is 11.5 Å². The van der Waals surface area contributed by atoms with Gasteiger partial charge in [0.25, 0.3) is 5.91 Å². The van der Waals surface area contributed by atoms with Gasteiger partial charge in [0.2, 0.25) is 0 Å². The summed E-state index contributed by atoms with van der Waals surface area (Å²) in [6.07, 6.45) is 0. The summed E-state index contributed by atoms with van der Waals surface area (Å²) >= 11 is 3.18. The fourth-order valence-corrected chi connectivity index (χ4v) is 3.03. The third-order valence-electron chi connectivity index (χ3n) is 4.09. The summed E-state index contributed by atoms with van der Waals surface area (Å²) in [4.78, 5) is 16.1. The van der Waals surface area contributed by atoms with E-state index in [0.29, 0.717) is 30.7 Å². The molecule has 5 nitrogen and oxygen atoms in total. The fourth-order valence-electron chi connectivity index (χ4n) is 2.70. The van der Waals surface area contributed by atoms with Crippen molar-refractivity contribution in [3.05, 3.63) is 52.8 Å². The van der Waals surface area contributed by atoms with Crippen molar-refractivity contribution in [1.29, 1.82) is 0 Å². The van der Waals surface area contributed by atoms with E-state index in [4.69, 9.17) is 4.74 Å². The molecular weight excluding hydrogens is 391 g/mol. The predicted molar refractivity (Wildman–Crippen MR) is 96.5 cm³/mol. The normalized spacial score (nSPS) is 14.5. The van der Waals surface area contributed by atoms with Gasteiger partial charge in [-0.25, -0.2) is 4.39 Å². The number of phenols is 1. The molecule has 1 heterocycles. The lowest BCUT2D eigenvalue weighted by Gasteiger charge is -2.36. The highest BCUT2D eigenvalue weighted by atomic mass is 79.9. The summed E-state index contributed by atoms with van der Waals surface area (Å²) in [6, 6.07) is 11.5. The number of nitrogens with zero attached hydrogens (tertiary/aromatic N) is 2. The van der Waals surface area contributed by atoms with Gasteiger partial charge in [-0.05, 0) is 42.5 Å². The van der Waals surface area contributed by atoms with Crippen LogP contribution in [0.15, 0.2) is 46.9 Å². The van der Waals surface area contributed by atoms with E-state index >= 15 is 0 Å². The Morgan fingerprint density at radius 1 is 1.12 bits per heavy atom. The summed E-state index contributed by atoms with van der Waals surface area (Å²) < 4.78 is 19.6. The minimum Gasteiger partial charge on any atom is -0.508 e. The number of benzene rings is 2. The Balaban J connectivity index is 1.50. The highest BCUT2D eigenvalue weighted by molar-refractivity contribution is 9.10. The maximum absolute atomic E-state index is 13.7. The summed E-state index contributed by atoms with van der Waals surface area (Å²) in [5, 5.41) is 9.34. The van der Waals surface area contributed by atoms with Gasteiger partial charge in [-0.3, -0.25) is 4.79 Å². The molecule has 7 heteroatoms. The van der Waals surface area contributed by atoms with Gasteiger partial charge in [-0.1, -0.05) is 15.9 Å². The molecule has 25 heavy (non-hydrogen) atoms. The van der Waals surface area contributed by atoms with Gasteiger partial charge in [-0.2, -0.15) is 0 Å². The number of hydrogen-bond donors (Lipinski definition) is 1. The van der Waals surface area contributed by atoms with Crippen molar-refractivity contribution < 1.29 is 19.0 Å². The molecule has 0 unspecified atom stereocenters. The van der Waals surface area contributed by atoms with Crippen LogP contribution in [0.25, 0.3) is 0 Å². The van der Waals surface area contributed by atoms with Crippen LogP contribution >= 0.6 is 15.9 Å². The average molecular weight is 409 g/mol. The molecule has 0 bridgehead atoms. The zero-order chi connectivity index (χ0) is 17.8. The zero-order valence-electron chi connectivity index (χ0n) is 13.5. The molecule has 1 amide bonds. The van der Waals surface area contributed by atoms with Crippen molar-refractivity contribution in [3.8, 4) is 11.5 Å². The maximum Gasteiger partial charge on any atom is 0.260 e. The Kier molecular flexibility index (Phi) is 5.43. The molecule has 1 N–H and O–H groups in total. The van der Waals surface area contributed by atoms with Crippen molar-refractivity contribution in [1.82, 2.24) is 4.90 Å². The molecular formula is C18H18BrFN2O3. The molecule has 1 fully saturated rings. The molecule has 0 atom stereocenters. The number of carbonyl (C=O) groups excluding carboxylic acids is 1. The van der Waals surface area contributed by atoms with Crippen molar-refractivity contribution in [3.63, 3.8) is 0 Å². The van der Waals surface area contributed by atoms with Gasteiger partial charge in [-0.15, -0.1) is 0 Å². The highest BCUT2D eigenvalue weighted by Gasteiger charge is 2.22. The monoisotopic (exact) mass is 408 g/mol. The predicted octanol–water partition coefficient (Wildman–Crippen LogP) is 3.02. The molecule has 0 spiro atoms.